The van der Waals surface area contributed by atoms with E-state index >= 15 is 0 Å². The summed E-state index contributed by atoms with van der Waals surface area (Å²) in [5, 5.41) is 17.1. The maximum atomic E-state index is 12.8. The minimum atomic E-state index is -1.03. The Morgan fingerprint density at radius 1 is 0.895 bits per heavy atom. The van der Waals surface area contributed by atoms with Gasteiger partial charge >= 0.3 is 12.0 Å². The molecule has 0 aromatic heterocycles. The van der Waals surface area contributed by atoms with Crippen LogP contribution in [0, 0.1) is 6.92 Å². The third-order valence-electron chi connectivity index (χ3n) is 5.63. The average molecular weight is 519 g/mol. The van der Waals surface area contributed by atoms with Crippen LogP contribution in [0.3, 0.4) is 0 Å². The molecule has 0 bridgehead atoms. The predicted molar refractivity (Wildman–Crippen MR) is 145 cm³/mol. The molecule has 38 heavy (non-hydrogen) atoms. The van der Waals surface area contributed by atoms with Gasteiger partial charge in [-0.25, -0.2) is 4.79 Å². The first-order valence-corrected chi connectivity index (χ1v) is 11.9. The Hall–Kier alpha value is -4.86. The number of hydrogen-bond donors (Lipinski definition) is 4. The lowest BCUT2D eigenvalue weighted by Gasteiger charge is -2.22. The van der Waals surface area contributed by atoms with Crippen LogP contribution in [0.2, 0.25) is 0 Å². The number of amides is 4. The standard InChI is InChI=1S/C28H30N4O6/c1-19-8-6-7-11-22(19)30-28(37)31-23-13-12-20(16-24(23)38-2)17-25(33)29-18-26(34)32(15-14-27(35)36)21-9-4-3-5-10-21/h3-13,16H,14-15,17-18H2,1-2H3,(H,29,33)(H,35,36)(H2,30,31,37). The molecule has 0 aliphatic heterocycles. The molecule has 0 heterocycles. The molecule has 3 aromatic carbocycles. The molecule has 0 atom stereocenters. The fourth-order valence-corrected chi connectivity index (χ4v) is 3.67. The minimum absolute atomic E-state index is 0.0167. The van der Waals surface area contributed by atoms with Crippen LogP contribution >= 0.6 is 0 Å². The Labute approximate surface area is 220 Å². The molecule has 0 radical (unpaired) electrons. The molecule has 198 valence electrons. The lowest BCUT2D eigenvalue weighted by atomic mass is 10.1. The maximum Gasteiger partial charge on any atom is 0.323 e. The number of carboxylic acid groups (broad SMARTS) is 1. The summed E-state index contributed by atoms with van der Waals surface area (Å²) >= 11 is 0. The molecular formula is C28H30N4O6. The van der Waals surface area contributed by atoms with Crippen molar-refractivity contribution in [3.05, 3.63) is 83.9 Å². The zero-order valence-electron chi connectivity index (χ0n) is 21.2. The monoisotopic (exact) mass is 518 g/mol. The number of urea groups is 1. The van der Waals surface area contributed by atoms with Crippen LogP contribution in [0.1, 0.15) is 17.5 Å². The van der Waals surface area contributed by atoms with Crippen molar-refractivity contribution in [1.29, 1.82) is 0 Å². The quantitative estimate of drug-likeness (QED) is 0.305. The van der Waals surface area contributed by atoms with Crippen molar-refractivity contribution in [3.8, 4) is 5.75 Å². The molecular weight excluding hydrogens is 488 g/mol. The van der Waals surface area contributed by atoms with Gasteiger partial charge in [-0.3, -0.25) is 14.4 Å². The van der Waals surface area contributed by atoms with Crippen molar-refractivity contribution in [2.24, 2.45) is 0 Å². The Kier molecular flexibility index (Phi) is 9.81. The van der Waals surface area contributed by atoms with Gasteiger partial charge in [-0.05, 0) is 48.4 Å². The smallest absolute Gasteiger partial charge is 0.323 e. The number of nitrogens with one attached hydrogen (secondary N) is 3. The number of aliphatic carboxylic acids is 1. The fraction of sp³-hybridized carbons (Fsp3) is 0.214. The van der Waals surface area contributed by atoms with E-state index in [9.17, 15) is 19.2 Å². The maximum absolute atomic E-state index is 12.8. The van der Waals surface area contributed by atoms with E-state index in [1.54, 1.807) is 54.6 Å². The summed E-state index contributed by atoms with van der Waals surface area (Å²) in [4.78, 5) is 50.1. The number of nitrogens with zero attached hydrogens (tertiary/aromatic N) is 1. The fourth-order valence-electron chi connectivity index (χ4n) is 3.67. The van der Waals surface area contributed by atoms with Gasteiger partial charge in [0.15, 0.2) is 0 Å². The second-order valence-corrected chi connectivity index (χ2v) is 8.41. The third kappa shape index (κ3) is 8.09. The number of rotatable bonds is 11. The SMILES string of the molecule is COc1cc(CC(=O)NCC(=O)N(CCC(=O)O)c2ccccc2)ccc1NC(=O)Nc1ccccc1C. The van der Waals surface area contributed by atoms with Crippen molar-refractivity contribution in [2.45, 2.75) is 19.8 Å². The van der Waals surface area contributed by atoms with Gasteiger partial charge in [-0.1, -0.05) is 42.5 Å². The van der Waals surface area contributed by atoms with Crippen LogP contribution in [0.15, 0.2) is 72.8 Å². The van der Waals surface area contributed by atoms with E-state index in [2.05, 4.69) is 16.0 Å². The van der Waals surface area contributed by atoms with Gasteiger partial charge in [0.2, 0.25) is 11.8 Å². The van der Waals surface area contributed by atoms with E-state index in [0.717, 1.165) is 5.56 Å². The zero-order chi connectivity index (χ0) is 27.5. The molecule has 0 fully saturated rings. The predicted octanol–water partition coefficient (Wildman–Crippen LogP) is 3.81. The number of benzene rings is 3. The zero-order valence-corrected chi connectivity index (χ0v) is 21.2. The number of para-hydroxylation sites is 2. The van der Waals surface area contributed by atoms with E-state index in [4.69, 9.17) is 9.84 Å². The number of carbonyl (C=O) groups is 4. The molecule has 0 unspecified atom stereocenters. The molecule has 0 aliphatic carbocycles. The third-order valence-corrected chi connectivity index (χ3v) is 5.63. The lowest BCUT2D eigenvalue weighted by Crippen LogP contribution is -2.41. The molecule has 0 spiro atoms. The molecule has 10 heteroatoms. The number of ether oxygens (including phenoxy) is 1. The molecule has 0 aliphatic rings. The van der Waals surface area contributed by atoms with Crippen molar-refractivity contribution in [2.75, 3.05) is 35.7 Å². The summed E-state index contributed by atoms with van der Waals surface area (Å²) in [7, 11) is 1.46. The van der Waals surface area contributed by atoms with Crippen LogP contribution in [0.25, 0.3) is 0 Å². The number of aryl methyl sites for hydroxylation is 1. The normalized spacial score (nSPS) is 10.3. The lowest BCUT2D eigenvalue weighted by molar-refractivity contribution is -0.136. The minimum Gasteiger partial charge on any atom is -0.495 e. The second kappa shape index (κ2) is 13.4. The van der Waals surface area contributed by atoms with Crippen LogP contribution < -0.4 is 25.6 Å². The van der Waals surface area contributed by atoms with Gasteiger partial charge in [-0.2, -0.15) is 0 Å². The van der Waals surface area contributed by atoms with Gasteiger partial charge < -0.3 is 30.7 Å². The summed E-state index contributed by atoms with van der Waals surface area (Å²) < 4.78 is 5.38. The average Bonchev–Trinajstić information content (AvgIpc) is 2.90. The Morgan fingerprint density at radius 2 is 1.58 bits per heavy atom. The highest BCUT2D eigenvalue weighted by Crippen LogP contribution is 2.26. The van der Waals surface area contributed by atoms with Crippen LogP contribution in [-0.4, -0.2) is 49.1 Å². The Bertz CT molecular complexity index is 1300. The first kappa shape index (κ1) is 27.7. The summed E-state index contributed by atoms with van der Waals surface area (Å²) in [6.45, 7) is 1.58. The molecule has 0 saturated carbocycles. The molecule has 3 rings (SSSR count). The van der Waals surface area contributed by atoms with E-state index in [-0.39, 0.29) is 25.9 Å². The first-order chi connectivity index (χ1) is 18.3. The van der Waals surface area contributed by atoms with E-state index in [1.165, 1.54) is 12.0 Å². The van der Waals surface area contributed by atoms with Gasteiger partial charge in [0.1, 0.15) is 5.75 Å². The van der Waals surface area contributed by atoms with E-state index < -0.39 is 23.8 Å². The molecule has 4 N–H and O–H groups in total. The van der Waals surface area contributed by atoms with Gasteiger partial charge in [0, 0.05) is 17.9 Å². The first-order valence-electron chi connectivity index (χ1n) is 11.9. The van der Waals surface area contributed by atoms with Crippen molar-refractivity contribution in [3.63, 3.8) is 0 Å². The van der Waals surface area contributed by atoms with E-state index in [1.807, 2.05) is 25.1 Å². The number of hydrogen-bond acceptors (Lipinski definition) is 5. The highest BCUT2D eigenvalue weighted by atomic mass is 16.5. The Morgan fingerprint density at radius 3 is 2.26 bits per heavy atom. The molecule has 3 aromatic rings. The molecule has 10 nitrogen and oxygen atoms in total. The number of methoxy groups -OCH3 is 1. The number of carboxylic acids is 1. The van der Waals surface area contributed by atoms with Crippen LogP contribution in [0.5, 0.6) is 5.75 Å². The summed E-state index contributed by atoms with van der Waals surface area (Å²) in [6.07, 6.45) is -0.252. The topological polar surface area (TPSA) is 137 Å². The van der Waals surface area contributed by atoms with Crippen molar-refractivity contribution >= 4 is 40.9 Å². The van der Waals surface area contributed by atoms with Crippen LogP contribution in [-0.2, 0) is 20.8 Å². The van der Waals surface area contributed by atoms with Crippen molar-refractivity contribution < 1.29 is 29.0 Å². The number of carbonyl (C=O) groups excluding carboxylic acids is 3. The summed E-state index contributed by atoms with van der Waals surface area (Å²) in [5.74, 6) is -1.48. The second-order valence-electron chi connectivity index (χ2n) is 8.41. The summed E-state index contributed by atoms with van der Waals surface area (Å²) in [6, 6.07) is 20.6. The van der Waals surface area contributed by atoms with E-state index in [0.29, 0.717) is 28.4 Å². The Balaban J connectivity index is 1.58. The highest BCUT2D eigenvalue weighted by Gasteiger charge is 2.18. The van der Waals surface area contributed by atoms with Gasteiger partial charge in [0.25, 0.3) is 0 Å². The number of anilines is 3. The largest absolute Gasteiger partial charge is 0.495 e. The molecule has 0 saturated heterocycles. The molecule has 4 amide bonds. The van der Waals surface area contributed by atoms with Crippen LogP contribution in [0.4, 0.5) is 21.9 Å². The summed E-state index contributed by atoms with van der Waals surface area (Å²) in [5.41, 5.74) is 3.19. The highest BCUT2D eigenvalue weighted by molar-refractivity contribution is 6.01. The van der Waals surface area contributed by atoms with Crippen molar-refractivity contribution in [1.82, 2.24) is 5.32 Å². The van der Waals surface area contributed by atoms with Gasteiger partial charge in [-0.15, -0.1) is 0 Å². The van der Waals surface area contributed by atoms with Gasteiger partial charge in [0.05, 0.1) is 32.2 Å².